The summed E-state index contributed by atoms with van der Waals surface area (Å²) in [6, 6.07) is 0.0944. The van der Waals surface area contributed by atoms with Gasteiger partial charge in [-0.25, -0.2) is 4.79 Å². The topological polar surface area (TPSA) is 92.6 Å². The molecule has 8 nitrogen and oxygen atoms in total. The van der Waals surface area contributed by atoms with Crippen LogP contribution in [-0.4, -0.2) is 53.6 Å². The van der Waals surface area contributed by atoms with Crippen molar-refractivity contribution in [2.75, 3.05) is 20.1 Å². The van der Waals surface area contributed by atoms with E-state index in [9.17, 15) is 4.79 Å². The smallest absolute Gasteiger partial charge is 0.407 e. The van der Waals surface area contributed by atoms with Crippen LogP contribution in [0.25, 0.3) is 0 Å². The molecule has 0 saturated heterocycles. The Labute approximate surface area is 169 Å². The van der Waals surface area contributed by atoms with Crippen LogP contribution in [0.4, 0.5) is 4.79 Å². The number of nitrogens with zero attached hydrogens (tertiary/aromatic N) is 3. The van der Waals surface area contributed by atoms with E-state index < -0.39 is 11.7 Å². The summed E-state index contributed by atoms with van der Waals surface area (Å²) in [7, 11) is 3.68. The first kappa shape index (κ1) is 23.8. The van der Waals surface area contributed by atoms with Crippen molar-refractivity contribution >= 4 is 12.1 Å². The molecule has 1 atom stereocenters. The highest BCUT2D eigenvalue weighted by atomic mass is 16.6. The summed E-state index contributed by atoms with van der Waals surface area (Å²) in [5.41, 5.74) is 0.733. The van der Waals surface area contributed by atoms with Gasteiger partial charge in [0.1, 0.15) is 5.60 Å². The van der Waals surface area contributed by atoms with E-state index in [-0.39, 0.29) is 6.04 Å². The minimum atomic E-state index is -0.498. The van der Waals surface area contributed by atoms with Gasteiger partial charge in [-0.1, -0.05) is 19.8 Å². The lowest BCUT2D eigenvalue weighted by Crippen LogP contribution is -2.49. The molecule has 1 rings (SSSR count). The number of rotatable bonds is 10. The van der Waals surface area contributed by atoms with Gasteiger partial charge in [0, 0.05) is 39.4 Å². The number of ether oxygens (including phenoxy) is 1. The molecule has 8 heteroatoms. The molecule has 160 valence electrons. The average Bonchev–Trinajstić information content (AvgIpc) is 3.03. The van der Waals surface area contributed by atoms with Crippen LogP contribution in [0.2, 0.25) is 0 Å². The number of alkyl carbamates (subject to hydrolysis) is 1. The summed E-state index contributed by atoms with van der Waals surface area (Å²) < 4.78 is 7.14. The molecule has 0 spiro atoms. The lowest BCUT2D eigenvalue weighted by molar-refractivity contribution is 0.0523. The monoisotopic (exact) mass is 394 g/mol. The fourth-order valence-corrected chi connectivity index (χ4v) is 2.68. The van der Waals surface area contributed by atoms with Gasteiger partial charge in [-0.3, -0.25) is 9.67 Å². The zero-order chi connectivity index (χ0) is 21.0. The quantitative estimate of drug-likeness (QED) is 0.322. The number of aryl methyl sites for hydroxylation is 2. The zero-order valence-electron chi connectivity index (χ0n) is 18.3. The number of amides is 1. The molecule has 1 aromatic heterocycles. The highest BCUT2D eigenvalue weighted by Crippen LogP contribution is 2.07. The molecule has 0 aliphatic rings. The van der Waals surface area contributed by atoms with Gasteiger partial charge in [-0.05, 0) is 45.6 Å². The Morgan fingerprint density at radius 1 is 1.32 bits per heavy atom. The van der Waals surface area contributed by atoms with Gasteiger partial charge in [-0.2, -0.15) is 5.10 Å². The predicted octanol–water partition coefficient (Wildman–Crippen LogP) is 2.60. The van der Waals surface area contributed by atoms with Crippen LogP contribution >= 0.6 is 0 Å². The standard InChI is InChI=1S/C20H38N6O2/c1-7-8-11-17(14-23-19(27)28-20(2,3)4)25-18(21-5)22-12-9-10-16-13-24-26(6)15-16/h13,15,17H,7-12,14H2,1-6H3,(H,23,27)(H2,21,22,25). The molecule has 0 saturated carbocycles. The molecule has 0 aliphatic carbocycles. The van der Waals surface area contributed by atoms with Crippen LogP contribution in [0.15, 0.2) is 17.4 Å². The molecule has 1 heterocycles. The fourth-order valence-electron chi connectivity index (χ4n) is 2.68. The van der Waals surface area contributed by atoms with E-state index in [0.717, 1.165) is 44.6 Å². The van der Waals surface area contributed by atoms with Crippen LogP contribution in [0.3, 0.4) is 0 Å². The molecule has 1 aromatic rings. The van der Waals surface area contributed by atoms with E-state index in [4.69, 9.17) is 4.74 Å². The minimum Gasteiger partial charge on any atom is -0.444 e. The van der Waals surface area contributed by atoms with E-state index in [2.05, 4.69) is 33.0 Å². The number of hydrogen-bond acceptors (Lipinski definition) is 4. The van der Waals surface area contributed by atoms with Gasteiger partial charge in [-0.15, -0.1) is 0 Å². The number of carbonyl (C=O) groups is 1. The Hall–Kier alpha value is -2.25. The first-order chi connectivity index (χ1) is 13.2. The highest BCUT2D eigenvalue weighted by Gasteiger charge is 2.18. The molecular formula is C20H38N6O2. The fraction of sp³-hybridized carbons (Fsp3) is 0.750. The van der Waals surface area contributed by atoms with Gasteiger partial charge >= 0.3 is 6.09 Å². The summed E-state index contributed by atoms with van der Waals surface area (Å²) in [6.45, 7) is 9.04. The van der Waals surface area contributed by atoms with Crippen molar-refractivity contribution in [3.8, 4) is 0 Å². The SMILES string of the molecule is CCCCC(CNC(=O)OC(C)(C)C)NC(=NC)NCCCc1cnn(C)c1. The average molecular weight is 395 g/mol. The molecule has 0 aliphatic heterocycles. The molecule has 1 unspecified atom stereocenters. The highest BCUT2D eigenvalue weighted by molar-refractivity contribution is 5.80. The molecule has 0 aromatic carbocycles. The van der Waals surface area contributed by atoms with E-state index in [1.165, 1.54) is 5.56 Å². The Balaban J connectivity index is 2.42. The van der Waals surface area contributed by atoms with E-state index >= 15 is 0 Å². The van der Waals surface area contributed by atoms with Crippen molar-refractivity contribution in [2.24, 2.45) is 12.0 Å². The van der Waals surface area contributed by atoms with Gasteiger partial charge in [0.15, 0.2) is 5.96 Å². The molecule has 28 heavy (non-hydrogen) atoms. The van der Waals surface area contributed by atoms with Crippen LogP contribution in [0, 0.1) is 0 Å². The summed E-state index contributed by atoms with van der Waals surface area (Å²) >= 11 is 0. The molecule has 0 radical (unpaired) electrons. The number of aliphatic imine (C=N–C) groups is 1. The van der Waals surface area contributed by atoms with Gasteiger partial charge in [0.2, 0.25) is 0 Å². The molecule has 0 fully saturated rings. The second-order valence-corrected chi connectivity index (χ2v) is 7.99. The van der Waals surface area contributed by atoms with Crippen molar-refractivity contribution in [3.63, 3.8) is 0 Å². The van der Waals surface area contributed by atoms with Crippen LogP contribution in [0.5, 0.6) is 0 Å². The van der Waals surface area contributed by atoms with Gasteiger partial charge in [0.05, 0.1) is 6.20 Å². The van der Waals surface area contributed by atoms with E-state index in [1.54, 1.807) is 7.05 Å². The molecule has 1 amide bonds. The van der Waals surface area contributed by atoms with Crippen molar-refractivity contribution < 1.29 is 9.53 Å². The third kappa shape index (κ3) is 10.8. The normalized spacial score (nSPS) is 13.1. The maximum absolute atomic E-state index is 11.9. The van der Waals surface area contributed by atoms with Crippen molar-refractivity contribution in [1.29, 1.82) is 0 Å². The first-order valence-corrected chi connectivity index (χ1v) is 10.1. The number of nitrogens with one attached hydrogen (secondary N) is 3. The molecule has 3 N–H and O–H groups in total. The summed E-state index contributed by atoms with van der Waals surface area (Å²) in [5.74, 6) is 0.748. The Morgan fingerprint density at radius 2 is 2.07 bits per heavy atom. The molecule has 0 bridgehead atoms. The molecular weight excluding hydrogens is 356 g/mol. The second kappa shape index (κ2) is 12.3. The number of hydrogen-bond donors (Lipinski definition) is 3. The third-order valence-corrected chi connectivity index (χ3v) is 4.06. The number of carbonyl (C=O) groups excluding carboxylic acids is 1. The van der Waals surface area contributed by atoms with Crippen LogP contribution in [0.1, 0.15) is 58.9 Å². The first-order valence-electron chi connectivity index (χ1n) is 10.1. The Morgan fingerprint density at radius 3 is 2.64 bits per heavy atom. The number of guanidine groups is 1. The van der Waals surface area contributed by atoms with Crippen LogP contribution in [-0.2, 0) is 18.2 Å². The maximum atomic E-state index is 11.9. The number of unbranched alkanes of at least 4 members (excludes halogenated alkanes) is 1. The lowest BCUT2D eigenvalue weighted by Gasteiger charge is -2.24. The Kier molecular flexibility index (Phi) is 10.4. The van der Waals surface area contributed by atoms with E-state index in [1.807, 2.05) is 44.9 Å². The van der Waals surface area contributed by atoms with Crippen LogP contribution < -0.4 is 16.0 Å². The summed E-state index contributed by atoms with van der Waals surface area (Å²) in [5, 5.41) is 13.8. The second-order valence-electron chi connectivity index (χ2n) is 7.99. The third-order valence-electron chi connectivity index (χ3n) is 4.06. The maximum Gasteiger partial charge on any atom is 0.407 e. The van der Waals surface area contributed by atoms with Crippen molar-refractivity contribution in [1.82, 2.24) is 25.7 Å². The minimum absolute atomic E-state index is 0.0944. The predicted molar refractivity (Wildman–Crippen MR) is 114 cm³/mol. The van der Waals surface area contributed by atoms with Crippen molar-refractivity contribution in [3.05, 3.63) is 18.0 Å². The largest absolute Gasteiger partial charge is 0.444 e. The van der Waals surface area contributed by atoms with Gasteiger partial charge in [0.25, 0.3) is 0 Å². The number of aromatic nitrogens is 2. The van der Waals surface area contributed by atoms with Gasteiger partial charge < -0.3 is 20.7 Å². The summed E-state index contributed by atoms with van der Waals surface area (Å²) in [4.78, 5) is 16.2. The summed E-state index contributed by atoms with van der Waals surface area (Å²) in [6.07, 6.45) is 8.62. The lowest BCUT2D eigenvalue weighted by atomic mass is 10.1. The van der Waals surface area contributed by atoms with Crippen molar-refractivity contribution in [2.45, 2.75) is 71.4 Å². The van der Waals surface area contributed by atoms with E-state index in [0.29, 0.717) is 6.54 Å². The zero-order valence-corrected chi connectivity index (χ0v) is 18.3. The Bertz CT molecular complexity index is 606.